The molecule has 0 unspecified atom stereocenters. The van der Waals surface area contributed by atoms with E-state index < -0.39 is 5.41 Å². The van der Waals surface area contributed by atoms with Gasteiger partial charge in [-0.1, -0.05) is 18.0 Å². The molecular formula is C15H30N4O2. The highest BCUT2D eigenvalue weighted by molar-refractivity contribution is 6.07. The molecule has 0 atom stereocenters. The van der Waals surface area contributed by atoms with Crippen LogP contribution in [-0.4, -0.2) is 47.0 Å². The molecular weight excluding hydrogens is 268 g/mol. The van der Waals surface area contributed by atoms with Crippen molar-refractivity contribution in [3.8, 4) is 0 Å². The van der Waals surface area contributed by atoms with Crippen LogP contribution in [0.5, 0.6) is 0 Å². The summed E-state index contributed by atoms with van der Waals surface area (Å²) >= 11 is 0. The Labute approximate surface area is 127 Å². The number of hydrogen-bond donors (Lipinski definition) is 3. The molecule has 1 saturated carbocycles. The molecule has 1 aliphatic rings. The lowest BCUT2D eigenvalue weighted by Crippen LogP contribution is -2.50. The summed E-state index contributed by atoms with van der Waals surface area (Å²) in [6, 6.07) is 0.873. The molecule has 0 bridgehead atoms. The minimum atomic E-state index is -0.810. The average molecular weight is 298 g/mol. The molecule has 0 radical (unpaired) electrons. The Hall–Kier alpha value is -1.30. The van der Waals surface area contributed by atoms with E-state index in [1.807, 2.05) is 0 Å². The van der Waals surface area contributed by atoms with Gasteiger partial charge in [0.1, 0.15) is 5.41 Å². The quantitative estimate of drug-likeness (QED) is 0.288. The number of carbonyl (C=O) groups excluding carboxylic acids is 1. The molecule has 4 N–H and O–H groups in total. The standard InChI is InChI=1S/C15H30N4O2/c1-11(2)19(12(3)4)10-9-17-14(20)15(13(16)18-21)7-5-6-8-15/h11-12,21H,5-10H2,1-4H3,(H2,16,18)(H,17,20). The first-order chi connectivity index (χ1) is 9.85. The summed E-state index contributed by atoms with van der Waals surface area (Å²) < 4.78 is 0. The predicted octanol–water partition coefficient (Wildman–Crippen LogP) is 1.53. The predicted molar refractivity (Wildman–Crippen MR) is 84.3 cm³/mol. The number of carbonyl (C=O) groups is 1. The molecule has 6 heteroatoms. The van der Waals surface area contributed by atoms with Crippen LogP contribution in [-0.2, 0) is 4.79 Å². The van der Waals surface area contributed by atoms with Crippen molar-refractivity contribution in [1.82, 2.24) is 10.2 Å². The Morgan fingerprint density at radius 3 is 2.24 bits per heavy atom. The van der Waals surface area contributed by atoms with Crippen molar-refractivity contribution in [2.75, 3.05) is 13.1 Å². The molecule has 1 aliphatic carbocycles. The summed E-state index contributed by atoms with van der Waals surface area (Å²) in [5.41, 5.74) is 4.96. The fraction of sp³-hybridized carbons (Fsp3) is 0.867. The van der Waals surface area contributed by atoms with Gasteiger partial charge >= 0.3 is 0 Å². The number of rotatable bonds is 7. The van der Waals surface area contributed by atoms with E-state index in [4.69, 9.17) is 10.9 Å². The van der Waals surface area contributed by atoms with E-state index in [2.05, 4.69) is 43.1 Å². The summed E-state index contributed by atoms with van der Waals surface area (Å²) in [4.78, 5) is 14.8. The summed E-state index contributed by atoms with van der Waals surface area (Å²) in [6.07, 6.45) is 3.20. The van der Waals surface area contributed by atoms with Crippen LogP contribution in [0.3, 0.4) is 0 Å². The fourth-order valence-electron chi connectivity index (χ4n) is 3.25. The number of oxime groups is 1. The van der Waals surface area contributed by atoms with Crippen LogP contribution in [0.1, 0.15) is 53.4 Å². The van der Waals surface area contributed by atoms with E-state index in [0.29, 0.717) is 31.5 Å². The van der Waals surface area contributed by atoms with Crippen molar-refractivity contribution >= 4 is 11.7 Å². The maximum absolute atomic E-state index is 12.5. The molecule has 0 heterocycles. The second-order valence-corrected chi connectivity index (χ2v) is 6.46. The number of hydrogen-bond acceptors (Lipinski definition) is 4. The Kier molecular flexibility index (Phi) is 6.45. The molecule has 122 valence electrons. The van der Waals surface area contributed by atoms with Gasteiger partial charge in [0, 0.05) is 25.2 Å². The first-order valence-electron chi connectivity index (χ1n) is 7.87. The van der Waals surface area contributed by atoms with Crippen LogP contribution in [0.2, 0.25) is 0 Å². The molecule has 6 nitrogen and oxygen atoms in total. The van der Waals surface area contributed by atoms with Crippen molar-refractivity contribution in [2.24, 2.45) is 16.3 Å². The van der Waals surface area contributed by atoms with E-state index in [9.17, 15) is 4.79 Å². The largest absolute Gasteiger partial charge is 0.409 e. The van der Waals surface area contributed by atoms with Gasteiger partial charge in [-0.2, -0.15) is 0 Å². The van der Waals surface area contributed by atoms with E-state index in [1.54, 1.807) is 0 Å². The smallest absolute Gasteiger partial charge is 0.233 e. The summed E-state index contributed by atoms with van der Waals surface area (Å²) in [5, 5.41) is 15.0. The Morgan fingerprint density at radius 1 is 1.29 bits per heavy atom. The topological polar surface area (TPSA) is 91.0 Å². The zero-order valence-corrected chi connectivity index (χ0v) is 13.7. The first-order valence-corrected chi connectivity index (χ1v) is 7.87. The lowest BCUT2D eigenvalue weighted by Gasteiger charge is -2.31. The second-order valence-electron chi connectivity index (χ2n) is 6.46. The van der Waals surface area contributed by atoms with Crippen molar-refractivity contribution in [2.45, 2.75) is 65.5 Å². The van der Waals surface area contributed by atoms with E-state index in [1.165, 1.54) is 0 Å². The van der Waals surface area contributed by atoms with Gasteiger partial charge in [0.2, 0.25) is 5.91 Å². The maximum Gasteiger partial charge on any atom is 0.233 e. The average Bonchev–Trinajstić information content (AvgIpc) is 2.92. The molecule has 0 saturated heterocycles. The monoisotopic (exact) mass is 298 g/mol. The number of amides is 1. The molecule has 1 amide bonds. The maximum atomic E-state index is 12.5. The van der Waals surface area contributed by atoms with Crippen molar-refractivity contribution in [3.63, 3.8) is 0 Å². The van der Waals surface area contributed by atoms with E-state index in [-0.39, 0.29) is 11.7 Å². The van der Waals surface area contributed by atoms with Crippen LogP contribution >= 0.6 is 0 Å². The van der Waals surface area contributed by atoms with Gasteiger partial charge in [-0.3, -0.25) is 9.69 Å². The number of amidine groups is 1. The molecule has 0 spiro atoms. The lowest BCUT2D eigenvalue weighted by molar-refractivity contribution is -0.127. The van der Waals surface area contributed by atoms with Gasteiger partial charge < -0.3 is 16.3 Å². The third kappa shape index (κ3) is 4.09. The van der Waals surface area contributed by atoms with E-state index in [0.717, 1.165) is 19.4 Å². The molecule has 0 aliphatic heterocycles. The van der Waals surface area contributed by atoms with Crippen LogP contribution in [0, 0.1) is 5.41 Å². The van der Waals surface area contributed by atoms with Crippen LogP contribution in [0.4, 0.5) is 0 Å². The summed E-state index contributed by atoms with van der Waals surface area (Å²) in [6.45, 7) is 9.98. The summed E-state index contributed by atoms with van der Waals surface area (Å²) in [7, 11) is 0. The molecule has 1 fully saturated rings. The van der Waals surface area contributed by atoms with Gasteiger partial charge in [0.25, 0.3) is 0 Å². The van der Waals surface area contributed by atoms with Gasteiger partial charge in [-0.25, -0.2) is 0 Å². The number of nitrogens with zero attached hydrogens (tertiary/aromatic N) is 2. The molecule has 1 rings (SSSR count). The molecule has 0 aromatic rings. The summed E-state index contributed by atoms with van der Waals surface area (Å²) in [5.74, 6) is -0.0650. The number of nitrogens with one attached hydrogen (secondary N) is 1. The third-order valence-electron chi connectivity index (χ3n) is 4.47. The zero-order valence-electron chi connectivity index (χ0n) is 13.7. The number of nitrogens with two attached hydrogens (primary N) is 1. The first kappa shape index (κ1) is 17.8. The van der Waals surface area contributed by atoms with E-state index >= 15 is 0 Å². The Balaban J connectivity index is 2.60. The van der Waals surface area contributed by atoms with Crippen molar-refractivity contribution in [1.29, 1.82) is 0 Å². The van der Waals surface area contributed by atoms with Gasteiger partial charge in [-0.15, -0.1) is 0 Å². The van der Waals surface area contributed by atoms with Crippen LogP contribution in [0.15, 0.2) is 5.16 Å². The second kappa shape index (κ2) is 7.64. The SMILES string of the molecule is CC(C)N(CCNC(=O)C1(C(N)=NO)CCCC1)C(C)C. The minimum Gasteiger partial charge on any atom is -0.409 e. The molecule has 0 aromatic heterocycles. The van der Waals surface area contributed by atoms with Gasteiger partial charge in [-0.05, 0) is 40.5 Å². The Bertz CT molecular complexity index is 366. The minimum absolute atomic E-state index is 0.0436. The zero-order chi connectivity index (χ0) is 16.0. The highest BCUT2D eigenvalue weighted by atomic mass is 16.4. The highest BCUT2D eigenvalue weighted by Crippen LogP contribution is 2.38. The van der Waals surface area contributed by atoms with Gasteiger partial charge in [0.05, 0.1) is 0 Å². The van der Waals surface area contributed by atoms with Gasteiger partial charge in [0.15, 0.2) is 5.84 Å². The van der Waals surface area contributed by atoms with Crippen molar-refractivity contribution < 1.29 is 10.0 Å². The van der Waals surface area contributed by atoms with Crippen LogP contribution < -0.4 is 11.1 Å². The van der Waals surface area contributed by atoms with Crippen LogP contribution in [0.25, 0.3) is 0 Å². The normalized spacial score (nSPS) is 18.7. The lowest BCUT2D eigenvalue weighted by atomic mass is 9.84. The third-order valence-corrected chi connectivity index (χ3v) is 4.47. The fourth-order valence-corrected chi connectivity index (χ4v) is 3.25. The highest BCUT2D eigenvalue weighted by Gasteiger charge is 2.45. The molecule has 21 heavy (non-hydrogen) atoms. The Morgan fingerprint density at radius 2 is 1.81 bits per heavy atom. The molecule has 0 aromatic carbocycles. The van der Waals surface area contributed by atoms with Crippen molar-refractivity contribution in [3.05, 3.63) is 0 Å².